The molecular weight excluding hydrogens is 239 g/mol. The molecule has 1 saturated heterocycles. The van der Waals surface area contributed by atoms with Crippen LogP contribution in [-0.2, 0) is 9.31 Å². The lowest BCUT2D eigenvalue weighted by molar-refractivity contribution is 0.00578. The lowest BCUT2D eigenvalue weighted by Gasteiger charge is -2.32. The zero-order valence-corrected chi connectivity index (χ0v) is 13.0. The number of methoxy groups -OCH3 is 1. The van der Waals surface area contributed by atoms with Crippen LogP contribution in [0.2, 0.25) is 0 Å². The van der Waals surface area contributed by atoms with Crippen molar-refractivity contribution in [2.75, 3.05) is 7.11 Å². The minimum Gasteiger partial charge on any atom is -0.496 e. The highest BCUT2D eigenvalue weighted by molar-refractivity contribution is 6.62. The van der Waals surface area contributed by atoms with Crippen molar-refractivity contribution in [3.63, 3.8) is 0 Å². The summed E-state index contributed by atoms with van der Waals surface area (Å²) < 4.78 is 17.7. The van der Waals surface area contributed by atoms with Gasteiger partial charge in [-0.3, -0.25) is 0 Å². The number of aryl methyl sites for hydroxylation is 1. The highest BCUT2D eigenvalue weighted by atomic mass is 16.7. The van der Waals surface area contributed by atoms with Crippen LogP contribution in [0, 0.1) is 13.8 Å². The van der Waals surface area contributed by atoms with E-state index in [0.717, 1.165) is 22.3 Å². The summed E-state index contributed by atoms with van der Waals surface area (Å²) in [6.45, 7) is 12.3. The molecule has 1 aliphatic rings. The first-order chi connectivity index (χ1) is 8.69. The van der Waals surface area contributed by atoms with Crippen LogP contribution in [-0.4, -0.2) is 25.4 Å². The van der Waals surface area contributed by atoms with Gasteiger partial charge in [0.05, 0.1) is 18.3 Å². The van der Waals surface area contributed by atoms with Crippen LogP contribution in [0.3, 0.4) is 0 Å². The van der Waals surface area contributed by atoms with E-state index in [2.05, 4.69) is 33.8 Å². The van der Waals surface area contributed by atoms with Gasteiger partial charge >= 0.3 is 7.12 Å². The maximum absolute atomic E-state index is 6.09. The van der Waals surface area contributed by atoms with E-state index in [0.29, 0.717) is 0 Å². The maximum atomic E-state index is 6.09. The summed E-state index contributed by atoms with van der Waals surface area (Å²) in [7, 11) is 1.36. The Balaban J connectivity index is 2.40. The van der Waals surface area contributed by atoms with E-state index >= 15 is 0 Å². The average molecular weight is 262 g/mol. The van der Waals surface area contributed by atoms with Crippen molar-refractivity contribution in [1.82, 2.24) is 0 Å². The molecule has 3 nitrogen and oxygen atoms in total. The van der Waals surface area contributed by atoms with Crippen molar-refractivity contribution >= 4 is 12.6 Å². The van der Waals surface area contributed by atoms with Crippen LogP contribution in [0.5, 0.6) is 5.75 Å². The molecule has 1 aliphatic heterocycles. The second-order valence-corrected chi connectivity index (χ2v) is 6.22. The normalized spacial score (nSPS) is 20.7. The third-order valence-corrected chi connectivity index (χ3v) is 4.36. The SMILES string of the molecule is COc1c(C)ccc(B2OC(C)(C)C(C)(C)O2)c1C. The lowest BCUT2D eigenvalue weighted by Crippen LogP contribution is -2.41. The second kappa shape index (κ2) is 4.53. The molecule has 104 valence electrons. The van der Waals surface area contributed by atoms with E-state index in [4.69, 9.17) is 14.0 Å². The van der Waals surface area contributed by atoms with Gasteiger partial charge in [-0.15, -0.1) is 0 Å². The van der Waals surface area contributed by atoms with Crippen molar-refractivity contribution in [1.29, 1.82) is 0 Å². The Morgan fingerprint density at radius 1 is 1.00 bits per heavy atom. The predicted octanol–water partition coefficient (Wildman–Crippen LogP) is 2.61. The summed E-state index contributed by atoms with van der Waals surface area (Å²) in [5.74, 6) is 0.909. The number of hydrogen-bond acceptors (Lipinski definition) is 3. The zero-order chi connectivity index (χ0) is 14.4. The minimum absolute atomic E-state index is 0.317. The van der Waals surface area contributed by atoms with Crippen LogP contribution in [0.4, 0.5) is 0 Å². The Hall–Kier alpha value is -0.995. The maximum Gasteiger partial charge on any atom is 0.495 e. The van der Waals surface area contributed by atoms with E-state index < -0.39 is 0 Å². The van der Waals surface area contributed by atoms with Crippen molar-refractivity contribution < 1.29 is 14.0 Å². The molecule has 0 amide bonds. The molecule has 1 fully saturated rings. The van der Waals surface area contributed by atoms with Crippen LogP contribution >= 0.6 is 0 Å². The van der Waals surface area contributed by atoms with E-state index in [1.165, 1.54) is 0 Å². The standard InChI is InChI=1S/C15H23BO3/c1-10-8-9-12(11(2)13(10)17-7)16-18-14(3,4)15(5,6)19-16/h8-9H,1-7H3. The Morgan fingerprint density at radius 2 is 1.53 bits per heavy atom. The molecule has 0 bridgehead atoms. The monoisotopic (exact) mass is 262 g/mol. The highest BCUT2D eigenvalue weighted by Gasteiger charge is 2.52. The van der Waals surface area contributed by atoms with Gasteiger partial charge in [0.15, 0.2) is 0 Å². The Bertz CT molecular complexity index is 478. The van der Waals surface area contributed by atoms with E-state index in [1.54, 1.807) is 7.11 Å². The molecule has 0 unspecified atom stereocenters. The molecule has 1 aromatic carbocycles. The first-order valence-electron chi connectivity index (χ1n) is 6.69. The predicted molar refractivity (Wildman–Crippen MR) is 78.2 cm³/mol. The van der Waals surface area contributed by atoms with Crippen molar-refractivity contribution in [3.05, 3.63) is 23.3 Å². The van der Waals surface area contributed by atoms with E-state index in [1.807, 2.05) is 19.9 Å². The largest absolute Gasteiger partial charge is 0.496 e. The van der Waals surface area contributed by atoms with Crippen LogP contribution in [0.25, 0.3) is 0 Å². The summed E-state index contributed by atoms with van der Waals surface area (Å²) in [5, 5.41) is 0. The van der Waals surface area contributed by atoms with Gasteiger partial charge < -0.3 is 14.0 Å². The van der Waals surface area contributed by atoms with Gasteiger partial charge in [-0.05, 0) is 58.1 Å². The van der Waals surface area contributed by atoms with Gasteiger partial charge in [-0.25, -0.2) is 0 Å². The first kappa shape index (κ1) is 14.4. The first-order valence-corrected chi connectivity index (χ1v) is 6.69. The molecule has 19 heavy (non-hydrogen) atoms. The Labute approximate surface area is 116 Å². The summed E-state index contributed by atoms with van der Waals surface area (Å²) in [6.07, 6.45) is 0. The molecule has 1 aromatic rings. The quantitative estimate of drug-likeness (QED) is 0.767. The summed E-state index contributed by atoms with van der Waals surface area (Å²) >= 11 is 0. The summed E-state index contributed by atoms with van der Waals surface area (Å²) in [4.78, 5) is 0. The fraction of sp³-hybridized carbons (Fsp3) is 0.600. The molecule has 0 spiro atoms. The van der Waals surface area contributed by atoms with Gasteiger partial charge in [-0.1, -0.05) is 12.1 Å². The van der Waals surface area contributed by atoms with Crippen molar-refractivity contribution in [2.45, 2.75) is 52.7 Å². The van der Waals surface area contributed by atoms with E-state index in [-0.39, 0.29) is 18.3 Å². The third-order valence-electron chi connectivity index (χ3n) is 4.36. The number of benzene rings is 1. The summed E-state index contributed by atoms with van der Waals surface area (Å²) in [5.41, 5.74) is 2.62. The molecule has 2 rings (SSSR count). The lowest BCUT2D eigenvalue weighted by atomic mass is 9.75. The van der Waals surface area contributed by atoms with Crippen LogP contribution < -0.4 is 10.2 Å². The molecule has 1 heterocycles. The molecular formula is C15H23BO3. The van der Waals surface area contributed by atoms with Crippen LogP contribution in [0.1, 0.15) is 38.8 Å². The Kier molecular flexibility index (Phi) is 3.44. The van der Waals surface area contributed by atoms with E-state index in [9.17, 15) is 0 Å². The van der Waals surface area contributed by atoms with Crippen molar-refractivity contribution in [3.8, 4) is 5.75 Å². The molecule has 0 saturated carbocycles. The fourth-order valence-electron chi connectivity index (χ4n) is 2.38. The van der Waals surface area contributed by atoms with Gasteiger partial charge in [0.1, 0.15) is 5.75 Å². The average Bonchev–Trinajstić information content (AvgIpc) is 2.48. The van der Waals surface area contributed by atoms with Gasteiger partial charge in [0.2, 0.25) is 0 Å². The highest BCUT2D eigenvalue weighted by Crippen LogP contribution is 2.37. The van der Waals surface area contributed by atoms with Crippen LogP contribution in [0.15, 0.2) is 12.1 Å². The van der Waals surface area contributed by atoms with Gasteiger partial charge in [-0.2, -0.15) is 0 Å². The molecule has 4 heteroatoms. The molecule has 0 atom stereocenters. The Morgan fingerprint density at radius 3 is 2.00 bits per heavy atom. The minimum atomic E-state index is -0.334. The fourth-order valence-corrected chi connectivity index (χ4v) is 2.38. The molecule has 0 aliphatic carbocycles. The number of hydrogen-bond donors (Lipinski definition) is 0. The number of rotatable bonds is 2. The molecule has 0 N–H and O–H groups in total. The second-order valence-electron chi connectivity index (χ2n) is 6.22. The van der Waals surface area contributed by atoms with Crippen molar-refractivity contribution in [2.24, 2.45) is 0 Å². The molecule has 0 radical (unpaired) electrons. The smallest absolute Gasteiger partial charge is 0.495 e. The zero-order valence-electron chi connectivity index (χ0n) is 13.0. The third kappa shape index (κ3) is 2.28. The molecule has 0 aromatic heterocycles. The topological polar surface area (TPSA) is 27.7 Å². The summed E-state index contributed by atoms with van der Waals surface area (Å²) in [6, 6.07) is 4.11. The van der Waals surface area contributed by atoms with Gasteiger partial charge in [0, 0.05) is 0 Å². The van der Waals surface area contributed by atoms with Gasteiger partial charge in [0.25, 0.3) is 0 Å². The number of ether oxygens (including phenoxy) is 1.